The number of hydrazine groups is 1. The van der Waals surface area contributed by atoms with Crippen LogP contribution in [0.4, 0.5) is 9.18 Å². The number of nitrogens with one attached hydrogen (secondary N) is 2. The van der Waals surface area contributed by atoms with Crippen LogP contribution in [-0.2, 0) is 11.2 Å². The third-order valence-electron chi connectivity index (χ3n) is 5.24. The van der Waals surface area contributed by atoms with Crippen LogP contribution < -0.4 is 5.43 Å². The van der Waals surface area contributed by atoms with Gasteiger partial charge in [0, 0.05) is 43.2 Å². The molecule has 0 radical (unpaired) electrons. The number of benzene rings is 2. The smallest absolute Gasteiger partial charge is 0.338 e. The molecular weight excluding hydrogens is 371 g/mol. The minimum Gasteiger partial charge on any atom is -0.354 e. The molecule has 0 atom stereocenters. The van der Waals surface area contributed by atoms with E-state index in [-0.39, 0.29) is 24.2 Å². The normalized spacial score (nSPS) is 14.5. The number of amides is 3. The minimum atomic E-state index is -0.290. The van der Waals surface area contributed by atoms with Crippen molar-refractivity contribution in [2.24, 2.45) is 0 Å². The van der Waals surface area contributed by atoms with Crippen molar-refractivity contribution in [1.82, 2.24) is 20.3 Å². The predicted octanol–water partition coefficient (Wildman–Crippen LogP) is 3.70. The number of para-hydroxylation sites is 1. The number of urea groups is 1. The van der Waals surface area contributed by atoms with E-state index in [1.54, 1.807) is 24.1 Å². The van der Waals surface area contributed by atoms with Crippen LogP contribution in [0.5, 0.6) is 0 Å². The van der Waals surface area contributed by atoms with E-state index >= 15 is 0 Å². The van der Waals surface area contributed by atoms with Crippen molar-refractivity contribution < 1.29 is 14.0 Å². The number of hydrogen-bond acceptors (Lipinski definition) is 2. The lowest BCUT2D eigenvalue weighted by atomic mass is 10.0. The topological polar surface area (TPSA) is 68.4 Å². The van der Waals surface area contributed by atoms with Crippen molar-refractivity contribution in [2.45, 2.75) is 19.3 Å². The molecule has 1 saturated heterocycles. The Bertz CT molecular complexity index is 1040. The molecule has 2 aromatic carbocycles. The van der Waals surface area contributed by atoms with Crippen molar-refractivity contribution >= 4 is 22.8 Å². The first-order valence-corrected chi connectivity index (χ1v) is 9.70. The van der Waals surface area contributed by atoms with Gasteiger partial charge in [-0.2, -0.15) is 0 Å². The second-order valence-corrected chi connectivity index (χ2v) is 7.28. The van der Waals surface area contributed by atoms with Crippen LogP contribution >= 0.6 is 0 Å². The number of hydrogen-bond donors (Lipinski definition) is 2. The summed E-state index contributed by atoms with van der Waals surface area (Å²) in [5.74, 6) is -0.494. The Labute approximate surface area is 168 Å². The third kappa shape index (κ3) is 3.94. The summed E-state index contributed by atoms with van der Waals surface area (Å²) in [5.41, 5.74) is 6.44. The highest BCUT2D eigenvalue weighted by Crippen LogP contribution is 2.31. The van der Waals surface area contributed by atoms with Gasteiger partial charge in [0.25, 0.3) is 0 Å². The second-order valence-electron chi connectivity index (χ2n) is 7.28. The molecule has 1 aromatic heterocycles. The Morgan fingerprint density at radius 3 is 2.69 bits per heavy atom. The van der Waals surface area contributed by atoms with Crippen LogP contribution in [0.25, 0.3) is 22.2 Å². The number of fused-ring (bicyclic) bond motifs is 1. The Morgan fingerprint density at radius 1 is 1.14 bits per heavy atom. The number of carbonyl (C=O) groups excluding carboxylic acids is 2. The maximum Gasteiger partial charge on any atom is 0.338 e. The van der Waals surface area contributed by atoms with E-state index in [0.717, 1.165) is 34.1 Å². The van der Waals surface area contributed by atoms with Gasteiger partial charge in [0.1, 0.15) is 5.82 Å². The number of carbonyl (C=O) groups is 2. The standard InChI is InChI=1S/C22H23FN4O2/c1-26-13-4-14-27(22(26)29)25-20(28)12-11-18-17-5-2-3-6-19(17)24-21(18)15-7-9-16(23)10-8-15/h2-3,5-10,24H,4,11-14H2,1H3,(H,25,28). The first-order valence-electron chi connectivity index (χ1n) is 9.70. The van der Waals surface area contributed by atoms with E-state index in [9.17, 15) is 14.0 Å². The molecule has 1 aliphatic heterocycles. The molecule has 3 aromatic rings. The number of halogens is 1. The number of rotatable bonds is 5. The minimum absolute atomic E-state index is 0.191. The molecule has 0 unspecified atom stereocenters. The number of aromatic amines is 1. The lowest BCUT2D eigenvalue weighted by Gasteiger charge is -2.33. The molecule has 0 aliphatic carbocycles. The quantitative estimate of drug-likeness (QED) is 0.693. The molecule has 0 spiro atoms. The van der Waals surface area contributed by atoms with Gasteiger partial charge in [-0.1, -0.05) is 18.2 Å². The van der Waals surface area contributed by atoms with Gasteiger partial charge in [-0.25, -0.2) is 14.2 Å². The van der Waals surface area contributed by atoms with Gasteiger partial charge >= 0.3 is 6.03 Å². The first kappa shape index (κ1) is 19.0. The fourth-order valence-electron chi connectivity index (χ4n) is 3.73. The fourth-order valence-corrected chi connectivity index (χ4v) is 3.73. The average Bonchev–Trinajstić information content (AvgIpc) is 3.09. The maximum absolute atomic E-state index is 13.3. The van der Waals surface area contributed by atoms with E-state index in [0.29, 0.717) is 19.5 Å². The molecule has 6 nitrogen and oxygen atoms in total. The number of H-pyrrole nitrogens is 1. The summed E-state index contributed by atoms with van der Waals surface area (Å²) >= 11 is 0. The molecule has 4 rings (SSSR count). The molecule has 7 heteroatoms. The van der Waals surface area contributed by atoms with Crippen LogP contribution in [0.3, 0.4) is 0 Å². The zero-order valence-electron chi connectivity index (χ0n) is 16.2. The maximum atomic E-state index is 13.3. The van der Waals surface area contributed by atoms with E-state index in [1.807, 2.05) is 24.3 Å². The van der Waals surface area contributed by atoms with Crippen molar-refractivity contribution in [3.8, 4) is 11.3 Å². The third-order valence-corrected chi connectivity index (χ3v) is 5.24. The van der Waals surface area contributed by atoms with Crippen LogP contribution in [0.2, 0.25) is 0 Å². The van der Waals surface area contributed by atoms with Gasteiger partial charge in [0.2, 0.25) is 5.91 Å². The molecule has 0 bridgehead atoms. The SMILES string of the molecule is CN1CCCN(NC(=O)CCc2c(-c3ccc(F)cc3)[nH]c3ccccc23)C1=O. The van der Waals surface area contributed by atoms with Gasteiger partial charge in [0.05, 0.1) is 0 Å². The lowest BCUT2D eigenvalue weighted by Crippen LogP contribution is -2.55. The molecule has 150 valence electrons. The summed E-state index contributed by atoms with van der Waals surface area (Å²) in [5, 5.41) is 2.41. The molecule has 2 heterocycles. The Balaban J connectivity index is 1.54. The van der Waals surface area contributed by atoms with Crippen molar-refractivity contribution in [3.05, 3.63) is 59.9 Å². The Kier molecular flexibility index (Phi) is 5.20. The summed E-state index contributed by atoms with van der Waals surface area (Å²) < 4.78 is 13.3. The van der Waals surface area contributed by atoms with Crippen LogP contribution in [-0.4, -0.2) is 47.0 Å². The summed E-state index contributed by atoms with van der Waals surface area (Å²) in [6.45, 7) is 1.21. The van der Waals surface area contributed by atoms with Crippen LogP contribution in [0.15, 0.2) is 48.5 Å². The summed E-state index contributed by atoms with van der Waals surface area (Å²) in [6, 6.07) is 14.0. The first-order chi connectivity index (χ1) is 14.0. The fraction of sp³-hybridized carbons (Fsp3) is 0.273. The number of aromatic nitrogens is 1. The van der Waals surface area contributed by atoms with Gasteiger partial charge in [-0.15, -0.1) is 0 Å². The van der Waals surface area contributed by atoms with Crippen molar-refractivity contribution in [1.29, 1.82) is 0 Å². The second kappa shape index (κ2) is 7.95. The van der Waals surface area contributed by atoms with Gasteiger partial charge in [-0.05, 0) is 54.3 Å². The molecule has 0 saturated carbocycles. The highest BCUT2D eigenvalue weighted by molar-refractivity contribution is 5.91. The van der Waals surface area contributed by atoms with Gasteiger partial charge < -0.3 is 9.88 Å². The lowest BCUT2D eigenvalue weighted by molar-refractivity contribution is -0.125. The number of aryl methyl sites for hydroxylation is 1. The Hall–Kier alpha value is -3.35. The van der Waals surface area contributed by atoms with E-state index in [2.05, 4.69) is 10.4 Å². The van der Waals surface area contributed by atoms with Crippen LogP contribution in [0, 0.1) is 5.82 Å². The largest absolute Gasteiger partial charge is 0.354 e. The summed E-state index contributed by atoms with van der Waals surface area (Å²) in [7, 11) is 1.72. The van der Waals surface area contributed by atoms with Crippen LogP contribution in [0.1, 0.15) is 18.4 Å². The average molecular weight is 394 g/mol. The molecular formula is C22H23FN4O2. The zero-order chi connectivity index (χ0) is 20.4. The summed E-state index contributed by atoms with van der Waals surface area (Å²) in [6.07, 6.45) is 1.56. The highest BCUT2D eigenvalue weighted by Gasteiger charge is 2.24. The highest BCUT2D eigenvalue weighted by atomic mass is 19.1. The molecule has 1 aliphatic rings. The van der Waals surface area contributed by atoms with Crippen molar-refractivity contribution in [2.75, 3.05) is 20.1 Å². The monoisotopic (exact) mass is 394 g/mol. The molecule has 3 amide bonds. The van der Waals surface area contributed by atoms with E-state index < -0.39 is 0 Å². The molecule has 29 heavy (non-hydrogen) atoms. The van der Waals surface area contributed by atoms with E-state index in [1.165, 1.54) is 17.1 Å². The Morgan fingerprint density at radius 2 is 1.90 bits per heavy atom. The van der Waals surface area contributed by atoms with Gasteiger partial charge in [-0.3, -0.25) is 10.2 Å². The predicted molar refractivity (Wildman–Crippen MR) is 110 cm³/mol. The summed E-state index contributed by atoms with van der Waals surface area (Å²) in [4.78, 5) is 29.6. The van der Waals surface area contributed by atoms with Crippen molar-refractivity contribution in [3.63, 3.8) is 0 Å². The molecule has 2 N–H and O–H groups in total. The number of nitrogens with zero attached hydrogens (tertiary/aromatic N) is 2. The van der Waals surface area contributed by atoms with Gasteiger partial charge in [0.15, 0.2) is 0 Å². The van der Waals surface area contributed by atoms with E-state index in [4.69, 9.17) is 0 Å². The zero-order valence-corrected chi connectivity index (χ0v) is 16.2. The molecule has 1 fully saturated rings.